The Bertz CT molecular complexity index is 529. The molecule has 15 heavy (non-hydrogen) atoms. The number of pyridine rings is 1. The number of nitrogens with zero attached hydrogens (tertiary/aromatic N) is 3. The molecule has 2 aromatic rings. The summed E-state index contributed by atoms with van der Waals surface area (Å²) in [4.78, 5) is 8.77. The maximum absolute atomic E-state index is 5.92. The largest absolute Gasteiger partial charge is 0.369 e. The third-order valence-corrected chi connectivity index (χ3v) is 3.09. The third-order valence-electron chi connectivity index (χ3n) is 3.09. The molecule has 0 aromatic carbocycles. The van der Waals surface area contributed by atoms with Crippen LogP contribution in [0, 0.1) is 12.8 Å². The number of fused-ring (bicyclic) bond motifs is 1. The van der Waals surface area contributed by atoms with Gasteiger partial charge in [-0.05, 0) is 30.9 Å². The fourth-order valence-electron chi connectivity index (χ4n) is 2.09. The number of rotatable bonds is 1. The van der Waals surface area contributed by atoms with Gasteiger partial charge in [0.25, 0.3) is 0 Å². The monoisotopic (exact) mass is 202 g/mol. The van der Waals surface area contributed by atoms with Crippen molar-refractivity contribution in [1.82, 2.24) is 14.5 Å². The van der Waals surface area contributed by atoms with Crippen molar-refractivity contribution in [3.05, 3.63) is 17.8 Å². The van der Waals surface area contributed by atoms with E-state index in [0.717, 1.165) is 16.7 Å². The first kappa shape index (κ1) is 8.71. The van der Waals surface area contributed by atoms with Crippen LogP contribution in [0.5, 0.6) is 0 Å². The van der Waals surface area contributed by atoms with Crippen LogP contribution in [0.15, 0.2) is 12.3 Å². The molecule has 4 nitrogen and oxygen atoms in total. The summed E-state index contributed by atoms with van der Waals surface area (Å²) in [5, 5.41) is 0. The van der Waals surface area contributed by atoms with E-state index in [1.807, 2.05) is 19.2 Å². The molecule has 1 aliphatic rings. The van der Waals surface area contributed by atoms with Gasteiger partial charge in [0.15, 0.2) is 5.65 Å². The Labute approximate surface area is 88.1 Å². The average molecular weight is 202 g/mol. The fraction of sp³-hybridized carbons (Fsp3) is 0.455. The topological polar surface area (TPSA) is 56.7 Å². The minimum absolute atomic E-state index is 0.505. The first-order valence-electron chi connectivity index (χ1n) is 5.27. The van der Waals surface area contributed by atoms with Gasteiger partial charge in [-0.15, -0.1) is 0 Å². The minimum atomic E-state index is 0.505. The number of nitrogen functional groups attached to an aromatic ring is 1. The fourth-order valence-corrected chi connectivity index (χ4v) is 2.09. The molecule has 0 aliphatic heterocycles. The Hall–Kier alpha value is -1.58. The molecule has 1 fully saturated rings. The van der Waals surface area contributed by atoms with Gasteiger partial charge in [0.05, 0.1) is 0 Å². The van der Waals surface area contributed by atoms with E-state index in [4.69, 9.17) is 5.73 Å². The van der Waals surface area contributed by atoms with Crippen LogP contribution < -0.4 is 5.73 Å². The van der Waals surface area contributed by atoms with Gasteiger partial charge in [0.1, 0.15) is 5.52 Å². The van der Waals surface area contributed by atoms with Crippen molar-refractivity contribution in [2.45, 2.75) is 26.3 Å². The quantitative estimate of drug-likeness (QED) is 0.768. The Morgan fingerprint density at radius 1 is 1.53 bits per heavy atom. The molecule has 3 rings (SSSR count). The van der Waals surface area contributed by atoms with Gasteiger partial charge in [-0.25, -0.2) is 9.97 Å². The van der Waals surface area contributed by atoms with Gasteiger partial charge < -0.3 is 5.73 Å². The van der Waals surface area contributed by atoms with E-state index in [-0.39, 0.29) is 0 Å². The molecule has 2 N–H and O–H groups in total. The Morgan fingerprint density at radius 2 is 2.27 bits per heavy atom. The lowest BCUT2D eigenvalue weighted by Gasteiger charge is -2.03. The Morgan fingerprint density at radius 3 is 2.93 bits per heavy atom. The van der Waals surface area contributed by atoms with Crippen LogP contribution in [0.3, 0.4) is 0 Å². The summed E-state index contributed by atoms with van der Waals surface area (Å²) in [5.74, 6) is 1.30. The molecule has 0 amide bonds. The Balaban J connectivity index is 2.24. The molecule has 0 bridgehead atoms. The van der Waals surface area contributed by atoms with Crippen LogP contribution in [0.1, 0.15) is 24.9 Å². The standard InChI is InChI=1S/C11H14N4/c1-6-3-8-10(13-5-6)15(11(12)14-8)9-4-7(9)2/h3,5,7,9H,4H2,1-2H3,(H2,12,14). The van der Waals surface area contributed by atoms with E-state index in [0.29, 0.717) is 17.9 Å². The summed E-state index contributed by atoms with van der Waals surface area (Å²) in [6.07, 6.45) is 3.05. The lowest BCUT2D eigenvalue weighted by molar-refractivity contribution is 0.708. The van der Waals surface area contributed by atoms with E-state index in [9.17, 15) is 0 Å². The zero-order valence-corrected chi connectivity index (χ0v) is 8.94. The van der Waals surface area contributed by atoms with Crippen molar-refractivity contribution in [3.8, 4) is 0 Å². The van der Waals surface area contributed by atoms with Crippen molar-refractivity contribution in [2.24, 2.45) is 5.92 Å². The summed E-state index contributed by atoms with van der Waals surface area (Å²) in [6, 6.07) is 2.53. The van der Waals surface area contributed by atoms with Gasteiger partial charge in [-0.1, -0.05) is 6.92 Å². The molecular formula is C11H14N4. The van der Waals surface area contributed by atoms with Crippen LogP contribution in [-0.2, 0) is 0 Å². The first-order valence-corrected chi connectivity index (χ1v) is 5.27. The summed E-state index contributed by atoms with van der Waals surface area (Å²) < 4.78 is 2.07. The summed E-state index contributed by atoms with van der Waals surface area (Å²) in [7, 11) is 0. The molecule has 0 radical (unpaired) electrons. The minimum Gasteiger partial charge on any atom is -0.369 e. The molecule has 1 aliphatic carbocycles. The number of hydrogen-bond acceptors (Lipinski definition) is 3. The van der Waals surface area contributed by atoms with Gasteiger partial charge in [-0.2, -0.15) is 0 Å². The summed E-state index contributed by atoms with van der Waals surface area (Å²) in [6.45, 7) is 4.24. The van der Waals surface area contributed by atoms with Crippen LogP contribution >= 0.6 is 0 Å². The lowest BCUT2D eigenvalue weighted by atomic mass is 10.3. The number of hydrogen-bond donors (Lipinski definition) is 1. The van der Waals surface area contributed by atoms with Crippen molar-refractivity contribution in [3.63, 3.8) is 0 Å². The number of nitrogens with two attached hydrogens (primary N) is 1. The molecule has 1 saturated carbocycles. The van der Waals surface area contributed by atoms with Crippen molar-refractivity contribution in [1.29, 1.82) is 0 Å². The highest BCUT2D eigenvalue weighted by Gasteiger charge is 2.37. The van der Waals surface area contributed by atoms with Gasteiger partial charge in [-0.3, -0.25) is 4.57 Å². The molecule has 0 saturated heterocycles. The predicted molar refractivity (Wildman–Crippen MR) is 59.5 cm³/mol. The number of aryl methyl sites for hydroxylation is 1. The van der Waals surface area contributed by atoms with E-state index >= 15 is 0 Å². The first-order chi connectivity index (χ1) is 7.16. The van der Waals surface area contributed by atoms with Gasteiger partial charge in [0, 0.05) is 12.2 Å². The molecule has 2 unspecified atom stereocenters. The van der Waals surface area contributed by atoms with Crippen LogP contribution in [0.4, 0.5) is 5.95 Å². The lowest BCUT2D eigenvalue weighted by Crippen LogP contribution is -2.02. The maximum Gasteiger partial charge on any atom is 0.202 e. The summed E-state index contributed by atoms with van der Waals surface area (Å²) >= 11 is 0. The molecule has 4 heteroatoms. The highest BCUT2D eigenvalue weighted by atomic mass is 15.2. The highest BCUT2D eigenvalue weighted by molar-refractivity contribution is 5.75. The molecule has 2 heterocycles. The molecule has 2 aromatic heterocycles. The molecular weight excluding hydrogens is 188 g/mol. The maximum atomic E-state index is 5.92. The van der Waals surface area contributed by atoms with E-state index < -0.39 is 0 Å². The highest BCUT2D eigenvalue weighted by Crippen LogP contribution is 2.45. The van der Waals surface area contributed by atoms with Crippen molar-refractivity contribution in [2.75, 3.05) is 5.73 Å². The number of aromatic nitrogens is 3. The molecule has 78 valence electrons. The predicted octanol–water partition coefficient (Wildman–Crippen LogP) is 1.90. The van der Waals surface area contributed by atoms with E-state index in [2.05, 4.69) is 21.5 Å². The van der Waals surface area contributed by atoms with Crippen LogP contribution in [0.25, 0.3) is 11.2 Å². The zero-order valence-electron chi connectivity index (χ0n) is 8.94. The second kappa shape index (κ2) is 2.72. The SMILES string of the molecule is Cc1cnc2c(c1)nc(N)n2C1CC1C. The van der Waals surface area contributed by atoms with Crippen molar-refractivity contribution >= 4 is 17.1 Å². The second-order valence-corrected chi connectivity index (χ2v) is 4.48. The van der Waals surface area contributed by atoms with E-state index in [1.165, 1.54) is 6.42 Å². The zero-order chi connectivity index (χ0) is 10.6. The smallest absolute Gasteiger partial charge is 0.202 e. The average Bonchev–Trinajstić information content (AvgIpc) is 2.77. The van der Waals surface area contributed by atoms with Gasteiger partial charge >= 0.3 is 0 Å². The van der Waals surface area contributed by atoms with Crippen LogP contribution in [-0.4, -0.2) is 14.5 Å². The second-order valence-electron chi connectivity index (χ2n) is 4.48. The number of anilines is 1. The van der Waals surface area contributed by atoms with Crippen LogP contribution in [0.2, 0.25) is 0 Å². The summed E-state index contributed by atoms with van der Waals surface area (Å²) in [5.41, 5.74) is 8.87. The molecule has 0 spiro atoms. The third kappa shape index (κ3) is 1.21. The van der Waals surface area contributed by atoms with E-state index in [1.54, 1.807) is 0 Å². The molecule has 2 atom stereocenters. The van der Waals surface area contributed by atoms with Gasteiger partial charge in [0.2, 0.25) is 5.95 Å². The normalized spacial score (nSPS) is 24.7. The van der Waals surface area contributed by atoms with Crippen molar-refractivity contribution < 1.29 is 0 Å². The number of imidazole rings is 1. The Kier molecular flexibility index (Phi) is 1.58.